The Labute approximate surface area is 317 Å². The Bertz CT molecular complexity index is 2370. The van der Waals surface area contributed by atoms with Gasteiger partial charge in [0.15, 0.2) is 5.82 Å². The third-order valence-electron chi connectivity index (χ3n) is 10.2. The molecule has 0 saturated carbocycles. The molecule has 2 aromatic carbocycles. The zero-order valence-electron chi connectivity index (χ0n) is 31.1. The lowest BCUT2D eigenvalue weighted by atomic mass is 10.1. The van der Waals surface area contributed by atoms with Crippen LogP contribution in [0.5, 0.6) is 0 Å². The van der Waals surface area contributed by atoms with E-state index in [9.17, 15) is 14.0 Å². The van der Waals surface area contributed by atoms with E-state index in [-0.39, 0.29) is 17.5 Å². The van der Waals surface area contributed by atoms with E-state index < -0.39 is 5.95 Å². The molecule has 4 aliphatic heterocycles. The van der Waals surface area contributed by atoms with Crippen LogP contribution in [-0.2, 0) is 22.3 Å². The van der Waals surface area contributed by atoms with Crippen LogP contribution in [0.25, 0.3) is 44.6 Å². The number of hydrogen-bond donors (Lipinski definition) is 4. The van der Waals surface area contributed by atoms with Gasteiger partial charge in [0, 0.05) is 86.1 Å². The topological polar surface area (TPSA) is 163 Å². The Morgan fingerprint density at radius 1 is 0.636 bits per heavy atom. The summed E-state index contributed by atoms with van der Waals surface area (Å²) >= 11 is 0. The van der Waals surface area contributed by atoms with E-state index in [1.807, 2.05) is 43.3 Å². The molecule has 0 unspecified atom stereocenters. The van der Waals surface area contributed by atoms with E-state index in [0.29, 0.717) is 42.9 Å². The van der Waals surface area contributed by atoms with Crippen LogP contribution in [0.2, 0.25) is 0 Å². The predicted molar refractivity (Wildman–Crippen MR) is 208 cm³/mol. The van der Waals surface area contributed by atoms with Crippen LogP contribution in [-0.4, -0.2) is 94.3 Å². The number of hydrogen-bond acceptors (Lipinski definition) is 9. The maximum Gasteiger partial charge on any atom is 0.253 e. The minimum Gasteiger partial charge on any atom is -0.381 e. The number of carbonyl (C=O) groups is 2. The number of morpholine rings is 1. The summed E-state index contributed by atoms with van der Waals surface area (Å²) in [5, 5.41) is 5.70. The van der Waals surface area contributed by atoms with Crippen LogP contribution in [0, 0.1) is 19.8 Å². The quantitative estimate of drug-likeness (QED) is 0.181. The number of aryl methyl sites for hydroxylation is 2. The fourth-order valence-corrected chi connectivity index (χ4v) is 7.37. The van der Waals surface area contributed by atoms with Gasteiger partial charge in [0.05, 0.1) is 46.8 Å². The van der Waals surface area contributed by atoms with E-state index in [2.05, 4.69) is 35.5 Å². The molecule has 0 radical (unpaired) electrons. The van der Waals surface area contributed by atoms with E-state index in [0.717, 1.165) is 101 Å². The largest absolute Gasteiger partial charge is 0.381 e. The first-order valence-corrected chi connectivity index (χ1v) is 19.0. The molecule has 0 atom stereocenters. The number of fused-ring (bicyclic) bond motifs is 4. The first-order chi connectivity index (χ1) is 26.8. The van der Waals surface area contributed by atoms with E-state index in [1.54, 1.807) is 19.1 Å². The summed E-state index contributed by atoms with van der Waals surface area (Å²) in [6.45, 7) is 9.93. The van der Waals surface area contributed by atoms with Crippen molar-refractivity contribution < 1.29 is 23.5 Å². The number of carbonyl (C=O) groups excluding carboxylic acids is 2. The van der Waals surface area contributed by atoms with Crippen molar-refractivity contribution in [3.05, 3.63) is 88.4 Å². The van der Waals surface area contributed by atoms with E-state index >= 15 is 0 Å². The van der Waals surface area contributed by atoms with Crippen molar-refractivity contribution >= 4 is 39.7 Å². The van der Waals surface area contributed by atoms with Crippen molar-refractivity contribution in [3.63, 3.8) is 0 Å². The summed E-state index contributed by atoms with van der Waals surface area (Å²) in [5.74, 6) is 0.230. The van der Waals surface area contributed by atoms with Gasteiger partial charge in [0.25, 0.3) is 11.8 Å². The standard InChI is InChI=1S/C20H21N5O2.C16H13FN4O.C5H10O/c1-12-19(25-7-9-27-10-8-25)24-18-13(3-2-4-16(18)22-12)17-11-14-15(23-17)5-6-21-20(14)26;1-8-15(17)21-14-9(3-2-4-12(14)19-8)13-7-10-11(20-13)5-6-18-16(10)22;1-2-4-6-5-3-1/h2-4,11,23H,5-10H2,1H3,(H,21,26);2-4,7,20H,5-6H2,1H3,(H,18,22);1-5H2. The average molecular weight is 746 g/mol. The maximum atomic E-state index is 13.8. The summed E-state index contributed by atoms with van der Waals surface area (Å²) in [4.78, 5) is 50.9. The number of halogens is 1. The number of nitrogens with one attached hydrogen (secondary N) is 4. The first-order valence-electron chi connectivity index (χ1n) is 19.0. The number of aromatic amines is 2. The second-order valence-corrected chi connectivity index (χ2v) is 14.0. The molecule has 2 fully saturated rings. The zero-order valence-corrected chi connectivity index (χ0v) is 31.1. The number of benzene rings is 2. The summed E-state index contributed by atoms with van der Waals surface area (Å²) in [5.41, 5.74) is 10.7. The molecule has 0 aliphatic carbocycles. The molecule has 2 amide bonds. The fourth-order valence-electron chi connectivity index (χ4n) is 7.37. The third-order valence-corrected chi connectivity index (χ3v) is 10.2. The highest BCUT2D eigenvalue weighted by molar-refractivity contribution is 6.00. The SMILES string of the molecule is C1CCOCC1.Cc1nc2cccc(-c3cc4c([nH]3)CCNC4=O)c2nc1F.Cc1nc2cccc(-c3cc4c([nH]3)CCNC4=O)c2nc1N1CCOCC1. The number of aromatic nitrogens is 6. The Morgan fingerprint density at radius 2 is 1.16 bits per heavy atom. The van der Waals surface area contributed by atoms with Gasteiger partial charge in [-0.1, -0.05) is 24.3 Å². The van der Waals surface area contributed by atoms with E-state index in [4.69, 9.17) is 19.4 Å². The molecular formula is C41H44FN9O4. The van der Waals surface area contributed by atoms with Crippen LogP contribution in [0.1, 0.15) is 62.8 Å². The Balaban J connectivity index is 0.000000137. The molecule has 284 valence electrons. The average Bonchev–Trinajstić information content (AvgIpc) is 3.86. The van der Waals surface area contributed by atoms with Crippen molar-refractivity contribution in [1.29, 1.82) is 0 Å². The summed E-state index contributed by atoms with van der Waals surface area (Å²) in [7, 11) is 0. The molecular weight excluding hydrogens is 702 g/mol. The van der Waals surface area contributed by atoms with Gasteiger partial charge in [0.2, 0.25) is 5.95 Å². The molecule has 14 heteroatoms. The van der Waals surface area contributed by atoms with Crippen LogP contribution in [0.4, 0.5) is 10.2 Å². The minimum atomic E-state index is -0.575. The van der Waals surface area contributed by atoms with Crippen molar-refractivity contribution in [3.8, 4) is 22.5 Å². The van der Waals surface area contributed by atoms with Gasteiger partial charge >= 0.3 is 0 Å². The van der Waals surface area contributed by atoms with Gasteiger partial charge in [-0.25, -0.2) is 19.9 Å². The third kappa shape index (κ3) is 7.64. The molecule has 6 aromatic rings. The monoisotopic (exact) mass is 745 g/mol. The molecule has 55 heavy (non-hydrogen) atoms. The second kappa shape index (κ2) is 15.9. The van der Waals surface area contributed by atoms with Crippen molar-refractivity contribution in [1.82, 2.24) is 40.5 Å². The summed E-state index contributed by atoms with van der Waals surface area (Å²) in [6, 6.07) is 15.2. The molecule has 2 saturated heterocycles. The molecule has 13 nitrogen and oxygen atoms in total. The summed E-state index contributed by atoms with van der Waals surface area (Å²) < 4.78 is 24.3. The Hall–Kier alpha value is -5.73. The fraction of sp³-hybridized carbons (Fsp3) is 0.366. The van der Waals surface area contributed by atoms with Crippen molar-refractivity contribution in [2.75, 3.05) is 57.5 Å². The summed E-state index contributed by atoms with van der Waals surface area (Å²) in [6.07, 6.45) is 5.50. The normalized spacial score (nSPS) is 16.6. The van der Waals surface area contributed by atoms with E-state index in [1.165, 1.54) is 19.3 Å². The van der Waals surface area contributed by atoms with Gasteiger partial charge in [-0.2, -0.15) is 4.39 Å². The lowest BCUT2D eigenvalue weighted by Gasteiger charge is -2.28. The van der Waals surface area contributed by atoms with Crippen molar-refractivity contribution in [2.24, 2.45) is 0 Å². The lowest BCUT2D eigenvalue weighted by molar-refractivity contribution is 0.0937. The second-order valence-electron chi connectivity index (χ2n) is 14.0. The molecule has 10 rings (SSSR count). The Kier molecular flexibility index (Phi) is 10.5. The van der Waals surface area contributed by atoms with Crippen LogP contribution < -0.4 is 15.5 Å². The van der Waals surface area contributed by atoms with Crippen LogP contribution in [0.3, 0.4) is 0 Å². The molecule has 0 spiro atoms. The molecule has 4 N–H and O–H groups in total. The number of nitrogens with zero attached hydrogens (tertiary/aromatic N) is 5. The van der Waals surface area contributed by atoms with Gasteiger partial charge in [-0.3, -0.25) is 9.59 Å². The molecule has 0 bridgehead atoms. The highest BCUT2D eigenvalue weighted by atomic mass is 19.1. The first kappa shape index (κ1) is 36.3. The number of ether oxygens (including phenoxy) is 2. The van der Waals surface area contributed by atoms with Gasteiger partial charge in [-0.05, 0) is 57.4 Å². The smallest absolute Gasteiger partial charge is 0.253 e. The Morgan fingerprint density at radius 3 is 1.67 bits per heavy atom. The van der Waals surface area contributed by atoms with Crippen molar-refractivity contribution in [2.45, 2.75) is 46.0 Å². The lowest BCUT2D eigenvalue weighted by Crippen LogP contribution is -2.37. The number of H-pyrrole nitrogens is 2. The highest BCUT2D eigenvalue weighted by Crippen LogP contribution is 2.32. The number of para-hydroxylation sites is 2. The van der Waals surface area contributed by atoms with Gasteiger partial charge in [-0.15, -0.1) is 0 Å². The highest BCUT2D eigenvalue weighted by Gasteiger charge is 2.23. The zero-order chi connectivity index (χ0) is 37.9. The van der Waals surface area contributed by atoms with Crippen LogP contribution >= 0.6 is 0 Å². The maximum absolute atomic E-state index is 13.8. The van der Waals surface area contributed by atoms with Crippen LogP contribution in [0.15, 0.2) is 48.5 Å². The van der Waals surface area contributed by atoms with Gasteiger partial charge < -0.3 is 35.0 Å². The molecule has 4 aliphatic rings. The number of rotatable bonds is 3. The predicted octanol–water partition coefficient (Wildman–Crippen LogP) is 5.60. The molecule has 4 aromatic heterocycles. The minimum absolute atomic E-state index is 0.0186. The number of anilines is 1. The number of amides is 2. The van der Waals surface area contributed by atoms with Gasteiger partial charge in [0.1, 0.15) is 11.0 Å². The molecule has 8 heterocycles.